The van der Waals surface area contributed by atoms with E-state index in [1.807, 2.05) is 6.20 Å². The van der Waals surface area contributed by atoms with Gasteiger partial charge in [0.05, 0.1) is 12.4 Å². The van der Waals surface area contributed by atoms with E-state index in [4.69, 9.17) is 10.5 Å². The summed E-state index contributed by atoms with van der Waals surface area (Å²) in [6.07, 6.45) is 7.40. The van der Waals surface area contributed by atoms with E-state index >= 15 is 0 Å². The third-order valence-electron chi connectivity index (χ3n) is 4.04. The summed E-state index contributed by atoms with van der Waals surface area (Å²) in [5, 5.41) is 0. The van der Waals surface area contributed by atoms with Crippen LogP contribution in [0.15, 0.2) is 53.9 Å². The molecule has 4 nitrogen and oxygen atoms in total. The number of allylic oxidation sites excluding steroid dienone is 1. The lowest BCUT2D eigenvalue weighted by atomic mass is 10.0. The highest BCUT2D eigenvalue weighted by Crippen LogP contribution is 2.55. The maximum absolute atomic E-state index is 13.8. The van der Waals surface area contributed by atoms with Gasteiger partial charge in [-0.3, -0.25) is 0 Å². The molecule has 0 heterocycles. The zero-order chi connectivity index (χ0) is 18.3. The summed E-state index contributed by atoms with van der Waals surface area (Å²) in [5.41, 5.74) is 6.76. The van der Waals surface area contributed by atoms with E-state index in [1.165, 1.54) is 18.0 Å². The lowest BCUT2D eigenvalue weighted by Gasteiger charge is -2.19. The highest BCUT2D eigenvalue weighted by Gasteiger charge is 2.49. The zero-order valence-corrected chi connectivity index (χ0v) is 16.0. The zero-order valence-electron chi connectivity index (χ0n) is 14.9. The van der Waals surface area contributed by atoms with E-state index in [-0.39, 0.29) is 11.3 Å². The minimum Gasteiger partial charge on any atom is -0.497 e. The average Bonchev–Trinajstić information content (AvgIpc) is 3.17. The molecule has 1 fully saturated rings. The van der Waals surface area contributed by atoms with Crippen LogP contribution in [0.1, 0.15) is 26.7 Å². The van der Waals surface area contributed by atoms with Crippen LogP contribution in [0, 0.1) is 11.3 Å². The van der Waals surface area contributed by atoms with Crippen molar-refractivity contribution in [2.45, 2.75) is 26.7 Å². The van der Waals surface area contributed by atoms with Crippen molar-refractivity contribution in [1.29, 1.82) is 0 Å². The van der Waals surface area contributed by atoms with Gasteiger partial charge in [-0.2, -0.15) is 0 Å². The Labute approximate surface area is 147 Å². The molecule has 0 saturated heterocycles. The number of amidine groups is 1. The van der Waals surface area contributed by atoms with E-state index in [9.17, 15) is 4.39 Å². The smallest absolute Gasteiger partial charge is 0.181 e. The molecule has 1 rings (SSSR count). The van der Waals surface area contributed by atoms with Gasteiger partial charge < -0.3 is 15.4 Å². The number of ether oxygens (including phenoxy) is 1. The molecule has 1 aliphatic rings. The summed E-state index contributed by atoms with van der Waals surface area (Å²) in [6, 6.07) is 0. The predicted octanol–water partition coefficient (Wildman–Crippen LogP) is 3.96. The van der Waals surface area contributed by atoms with Crippen molar-refractivity contribution >= 4 is 15.1 Å². The van der Waals surface area contributed by atoms with Crippen molar-refractivity contribution < 1.29 is 9.13 Å². The SMILES string of the molecule is C=CN=C(N)/C(F)=C\N(C)/C=C1/CC1(CCP)COC(=C)C(C)C. The highest BCUT2D eigenvalue weighted by atomic mass is 31.0. The number of rotatable bonds is 10. The average molecular weight is 353 g/mol. The monoisotopic (exact) mass is 353 g/mol. The van der Waals surface area contributed by atoms with Gasteiger partial charge in [0.2, 0.25) is 0 Å². The minimum absolute atomic E-state index is 0.0267. The van der Waals surface area contributed by atoms with Crippen LogP contribution in [-0.2, 0) is 4.74 Å². The fourth-order valence-electron chi connectivity index (χ4n) is 2.33. The predicted molar refractivity (Wildman–Crippen MR) is 103 cm³/mol. The van der Waals surface area contributed by atoms with Gasteiger partial charge in [-0.25, -0.2) is 9.38 Å². The summed E-state index contributed by atoms with van der Waals surface area (Å²) < 4.78 is 19.7. The minimum atomic E-state index is -0.587. The molecule has 24 heavy (non-hydrogen) atoms. The van der Waals surface area contributed by atoms with Crippen molar-refractivity contribution in [2.24, 2.45) is 22.1 Å². The lowest BCUT2D eigenvalue weighted by Crippen LogP contribution is -2.15. The molecule has 0 aromatic carbocycles. The number of nitrogens with two attached hydrogens (primary N) is 1. The maximum atomic E-state index is 13.8. The van der Waals surface area contributed by atoms with Crippen molar-refractivity contribution in [3.63, 3.8) is 0 Å². The van der Waals surface area contributed by atoms with Crippen LogP contribution < -0.4 is 5.73 Å². The number of hydrogen-bond acceptors (Lipinski definition) is 3. The molecule has 2 N–H and O–H groups in total. The fraction of sp³-hybridized carbons (Fsp3) is 0.500. The van der Waals surface area contributed by atoms with Gasteiger partial charge in [-0.1, -0.05) is 27.0 Å². The van der Waals surface area contributed by atoms with Crippen LogP contribution in [0.3, 0.4) is 0 Å². The summed E-state index contributed by atoms with van der Waals surface area (Å²) in [5.74, 6) is 0.336. The first-order chi connectivity index (χ1) is 11.3. The first kappa shape index (κ1) is 20.4. The van der Waals surface area contributed by atoms with Crippen LogP contribution in [-0.4, -0.2) is 30.6 Å². The second kappa shape index (κ2) is 9.03. The van der Waals surface area contributed by atoms with Gasteiger partial charge in [-0.05, 0) is 24.6 Å². The van der Waals surface area contributed by atoms with E-state index in [2.05, 4.69) is 41.2 Å². The van der Waals surface area contributed by atoms with Gasteiger partial charge in [-0.15, -0.1) is 9.24 Å². The van der Waals surface area contributed by atoms with Crippen molar-refractivity contribution in [2.75, 3.05) is 19.8 Å². The second-order valence-corrected chi connectivity index (χ2v) is 6.98. The fourth-order valence-corrected chi connectivity index (χ4v) is 2.88. The standard InChI is InChI=1S/C18H29FN3OP/c1-6-21-17(20)16(19)11-22(5)10-15-9-18(15,7-8-24)12-23-14(4)13(2)3/h6,10-11,13H,1,4,7-9,12,24H2,2-3,5H3,(H2,20,21)/b15-10-,16-11+. The Morgan fingerprint density at radius 3 is 2.79 bits per heavy atom. The molecule has 0 radical (unpaired) electrons. The highest BCUT2D eigenvalue weighted by molar-refractivity contribution is 7.16. The molecule has 1 aliphatic carbocycles. The maximum Gasteiger partial charge on any atom is 0.181 e. The van der Waals surface area contributed by atoms with Crippen molar-refractivity contribution in [3.8, 4) is 0 Å². The third kappa shape index (κ3) is 5.79. The molecular formula is C18H29FN3OP. The molecule has 6 heteroatoms. The van der Waals surface area contributed by atoms with Gasteiger partial charge in [0, 0.05) is 37.0 Å². The van der Waals surface area contributed by atoms with E-state index < -0.39 is 5.83 Å². The van der Waals surface area contributed by atoms with Gasteiger partial charge in [0.1, 0.15) is 0 Å². The number of hydrogen-bond donors (Lipinski definition) is 1. The van der Waals surface area contributed by atoms with Crippen LogP contribution in [0.2, 0.25) is 0 Å². The van der Waals surface area contributed by atoms with Crippen LogP contribution in [0.25, 0.3) is 0 Å². The molecule has 0 bridgehead atoms. The molecule has 0 aliphatic heterocycles. The molecule has 0 aromatic rings. The Balaban J connectivity index is 2.76. The Kier molecular flexibility index (Phi) is 7.68. The largest absolute Gasteiger partial charge is 0.497 e. The third-order valence-corrected chi connectivity index (χ3v) is 4.33. The van der Waals surface area contributed by atoms with Gasteiger partial charge >= 0.3 is 0 Å². The topological polar surface area (TPSA) is 50.8 Å². The van der Waals surface area contributed by atoms with Crippen molar-refractivity contribution in [3.05, 3.63) is 48.9 Å². The van der Waals surface area contributed by atoms with Crippen LogP contribution in [0.5, 0.6) is 0 Å². The first-order valence-corrected chi connectivity index (χ1v) is 8.84. The molecule has 134 valence electrons. The molecule has 0 aromatic heterocycles. The number of halogens is 1. The van der Waals surface area contributed by atoms with Crippen LogP contribution in [0.4, 0.5) is 4.39 Å². The van der Waals surface area contributed by atoms with Crippen molar-refractivity contribution in [1.82, 2.24) is 4.90 Å². The first-order valence-electron chi connectivity index (χ1n) is 8.02. The molecule has 1 saturated carbocycles. The van der Waals surface area contributed by atoms with E-state index in [0.29, 0.717) is 12.5 Å². The summed E-state index contributed by atoms with van der Waals surface area (Å²) in [6.45, 7) is 12.1. The van der Waals surface area contributed by atoms with E-state index in [1.54, 1.807) is 11.9 Å². The number of aliphatic imine (C=N–C) groups is 1. The van der Waals surface area contributed by atoms with E-state index in [0.717, 1.165) is 24.8 Å². The normalized spacial score (nSPS) is 22.7. The molecule has 2 atom stereocenters. The molecule has 2 unspecified atom stereocenters. The summed E-state index contributed by atoms with van der Waals surface area (Å²) in [7, 11) is 4.52. The molecule has 0 amide bonds. The summed E-state index contributed by atoms with van der Waals surface area (Å²) >= 11 is 0. The second-order valence-electron chi connectivity index (χ2n) is 6.40. The quantitative estimate of drug-likeness (QED) is 0.280. The van der Waals surface area contributed by atoms with Crippen LogP contribution >= 0.6 is 9.24 Å². The molecular weight excluding hydrogens is 324 g/mol. The Morgan fingerprint density at radius 1 is 1.58 bits per heavy atom. The Hall–Kier alpha value is -1.61. The Bertz CT molecular complexity index is 569. The van der Waals surface area contributed by atoms with Gasteiger partial charge in [0.15, 0.2) is 11.7 Å². The Morgan fingerprint density at radius 2 is 2.25 bits per heavy atom. The molecule has 0 spiro atoms. The number of nitrogens with zero attached hydrogens (tertiary/aromatic N) is 2. The summed E-state index contributed by atoms with van der Waals surface area (Å²) in [4.78, 5) is 5.30. The lowest BCUT2D eigenvalue weighted by molar-refractivity contribution is 0.139. The van der Waals surface area contributed by atoms with Gasteiger partial charge in [0.25, 0.3) is 0 Å².